The van der Waals surface area contributed by atoms with Crippen molar-refractivity contribution in [3.8, 4) is 0 Å². The summed E-state index contributed by atoms with van der Waals surface area (Å²) in [5.41, 5.74) is 1.07. The molecule has 0 saturated carbocycles. The van der Waals surface area contributed by atoms with E-state index in [1.807, 2.05) is 6.92 Å². The minimum atomic E-state index is -3.32. The number of hydrogen-bond donors (Lipinski definition) is 3. The van der Waals surface area contributed by atoms with E-state index >= 15 is 0 Å². The van der Waals surface area contributed by atoms with Gasteiger partial charge in [0.1, 0.15) is 0 Å². The van der Waals surface area contributed by atoms with E-state index in [1.54, 1.807) is 24.3 Å². The second-order valence-corrected chi connectivity index (χ2v) is 7.38. The second-order valence-electron chi connectivity index (χ2n) is 5.53. The lowest BCUT2D eigenvalue weighted by Gasteiger charge is -2.22. The molecule has 0 aromatic heterocycles. The molecular weight excluding hydrogens is 302 g/mol. The number of sulfonamides is 1. The molecule has 2 rings (SSSR count). The van der Waals surface area contributed by atoms with Gasteiger partial charge >= 0.3 is 0 Å². The molecule has 1 amide bonds. The van der Waals surface area contributed by atoms with Crippen LogP contribution in [0.3, 0.4) is 0 Å². The summed E-state index contributed by atoms with van der Waals surface area (Å²) in [5, 5.41) is 6.06. The number of carbonyl (C=O) groups is 1. The van der Waals surface area contributed by atoms with Gasteiger partial charge in [-0.3, -0.25) is 9.52 Å². The predicted molar refractivity (Wildman–Crippen MR) is 88.4 cm³/mol. The number of nitrogens with one attached hydrogen (secondary N) is 3. The molecule has 1 aliphatic rings. The summed E-state index contributed by atoms with van der Waals surface area (Å²) >= 11 is 0. The first-order valence-corrected chi connectivity index (χ1v) is 9.27. The van der Waals surface area contributed by atoms with Crippen molar-refractivity contribution in [3.05, 3.63) is 24.3 Å². The Kier molecular flexibility index (Phi) is 5.79. The van der Waals surface area contributed by atoms with E-state index in [-0.39, 0.29) is 17.6 Å². The molecule has 0 spiro atoms. The maximum absolute atomic E-state index is 12.2. The van der Waals surface area contributed by atoms with Gasteiger partial charge in [0, 0.05) is 12.2 Å². The first-order chi connectivity index (χ1) is 10.5. The van der Waals surface area contributed by atoms with Gasteiger partial charge in [0.05, 0.1) is 17.4 Å². The highest BCUT2D eigenvalue weighted by molar-refractivity contribution is 7.92. The molecule has 3 N–H and O–H groups in total. The fraction of sp³-hybridized carbons (Fsp3) is 0.533. The zero-order chi connectivity index (χ0) is 16.0. The first-order valence-electron chi connectivity index (χ1n) is 7.62. The standard InChI is InChI=1S/C15H23N3O3S/c1-2-9-22(20,21)18-14-7-3-6-13(10-14)17-15(19)12-5-4-8-16-11-12/h3,6-7,10,12,16,18H,2,4-5,8-9,11H2,1H3,(H,17,19). The van der Waals surface area contributed by atoms with Crippen molar-refractivity contribution in [2.45, 2.75) is 26.2 Å². The van der Waals surface area contributed by atoms with Crippen LogP contribution in [0.25, 0.3) is 0 Å². The Hall–Kier alpha value is -1.60. The van der Waals surface area contributed by atoms with Crippen LogP contribution in [0.2, 0.25) is 0 Å². The zero-order valence-electron chi connectivity index (χ0n) is 12.8. The fourth-order valence-corrected chi connectivity index (χ4v) is 3.61. The minimum Gasteiger partial charge on any atom is -0.326 e. The van der Waals surface area contributed by atoms with E-state index in [9.17, 15) is 13.2 Å². The average molecular weight is 325 g/mol. The molecule has 1 saturated heterocycles. The van der Waals surface area contributed by atoms with E-state index < -0.39 is 10.0 Å². The molecule has 7 heteroatoms. The molecule has 1 fully saturated rings. The van der Waals surface area contributed by atoms with Gasteiger partial charge in [0.15, 0.2) is 0 Å². The number of carbonyl (C=O) groups excluding carboxylic acids is 1. The molecule has 0 bridgehead atoms. The predicted octanol–water partition coefficient (Wildman–Crippen LogP) is 1.78. The number of anilines is 2. The van der Waals surface area contributed by atoms with Crippen LogP contribution in [0.5, 0.6) is 0 Å². The largest absolute Gasteiger partial charge is 0.326 e. The summed E-state index contributed by atoms with van der Waals surface area (Å²) in [4.78, 5) is 12.2. The lowest BCUT2D eigenvalue weighted by molar-refractivity contribution is -0.120. The Morgan fingerprint density at radius 3 is 2.82 bits per heavy atom. The van der Waals surface area contributed by atoms with E-state index in [0.717, 1.165) is 19.4 Å². The Balaban J connectivity index is 2.00. The zero-order valence-corrected chi connectivity index (χ0v) is 13.6. The number of rotatable bonds is 6. The lowest BCUT2D eigenvalue weighted by Crippen LogP contribution is -2.37. The second kappa shape index (κ2) is 7.60. The van der Waals surface area contributed by atoms with Crippen LogP contribution < -0.4 is 15.4 Å². The van der Waals surface area contributed by atoms with E-state index in [1.165, 1.54) is 0 Å². The maximum Gasteiger partial charge on any atom is 0.232 e. The van der Waals surface area contributed by atoms with Crippen LogP contribution in [-0.2, 0) is 14.8 Å². The van der Waals surface area contributed by atoms with Crippen molar-refractivity contribution in [2.24, 2.45) is 5.92 Å². The van der Waals surface area contributed by atoms with Crippen molar-refractivity contribution in [3.63, 3.8) is 0 Å². The number of hydrogen-bond acceptors (Lipinski definition) is 4. The molecular formula is C15H23N3O3S. The minimum absolute atomic E-state index is 0.0271. The van der Waals surface area contributed by atoms with Gasteiger partial charge < -0.3 is 10.6 Å². The maximum atomic E-state index is 12.2. The van der Waals surface area contributed by atoms with Crippen molar-refractivity contribution in [2.75, 3.05) is 28.9 Å². The highest BCUT2D eigenvalue weighted by Gasteiger charge is 2.21. The topological polar surface area (TPSA) is 87.3 Å². The van der Waals surface area contributed by atoms with Gasteiger partial charge in [-0.25, -0.2) is 8.42 Å². The summed E-state index contributed by atoms with van der Waals surface area (Å²) in [7, 11) is -3.32. The highest BCUT2D eigenvalue weighted by atomic mass is 32.2. The quantitative estimate of drug-likeness (QED) is 0.744. The molecule has 0 radical (unpaired) electrons. The van der Waals surface area contributed by atoms with Crippen molar-refractivity contribution >= 4 is 27.3 Å². The normalized spacial score (nSPS) is 18.7. The van der Waals surface area contributed by atoms with Gasteiger partial charge in [-0.05, 0) is 44.0 Å². The first kappa shape index (κ1) is 16.8. The van der Waals surface area contributed by atoms with E-state index in [4.69, 9.17) is 0 Å². The molecule has 1 atom stereocenters. The molecule has 1 unspecified atom stereocenters. The third-order valence-electron chi connectivity index (χ3n) is 3.54. The third kappa shape index (κ3) is 4.99. The molecule has 1 aliphatic heterocycles. The summed E-state index contributed by atoms with van der Waals surface area (Å²) in [5.74, 6) is 0.0205. The Labute approximate surface area is 131 Å². The van der Waals surface area contributed by atoms with Crippen molar-refractivity contribution < 1.29 is 13.2 Å². The van der Waals surface area contributed by atoms with Crippen LogP contribution in [0.1, 0.15) is 26.2 Å². The lowest BCUT2D eigenvalue weighted by atomic mass is 9.99. The fourth-order valence-electron chi connectivity index (χ4n) is 2.48. The van der Waals surface area contributed by atoms with Crippen LogP contribution in [-0.4, -0.2) is 33.2 Å². The third-order valence-corrected chi connectivity index (χ3v) is 5.04. The molecule has 1 aromatic rings. The highest BCUT2D eigenvalue weighted by Crippen LogP contribution is 2.19. The summed E-state index contributed by atoms with van der Waals surface area (Å²) < 4.78 is 26.1. The van der Waals surface area contributed by atoms with Gasteiger partial charge in [-0.1, -0.05) is 13.0 Å². The van der Waals surface area contributed by atoms with Gasteiger partial charge in [0.25, 0.3) is 0 Å². The molecule has 122 valence electrons. The summed E-state index contributed by atoms with van der Waals surface area (Å²) in [6.07, 6.45) is 2.43. The van der Waals surface area contributed by atoms with Crippen LogP contribution in [0.4, 0.5) is 11.4 Å². The number of piperidine rings is 1. The molecule has 6 nitrogen and oxygen atoms in total. The van der Waals surface area contributed by atoms with Gasteiger partial charge in [-0.15, -0.1) is 0 Å². The number of amides is 1. The van der Waals surface area contributed by atoms with Gasteiger partial charge in [-0.2, -0.15) is 0 Å². The summed E-state index contributed by atoms with van der Waals surface area (Å²) in [6, 6.07) is 6.79. The van der Waals surface area contributed by atoms with E-state index in [2.05, 4.69) is 15.4 Å². The van der Waals surface area contributed by atoms with Crippen molar-refractivity contribution in [1.82, 2.24) is 5.32 Å². The summed E-state index contributed by atoms with van der Waals surface area (Å²) in [6.45, 7) is 3.46. The average Bonchev–Trinajstić information content (AvgIpc) is 2.48. The SMILES string of the molecule is CCCS(=O)(=O)Nc1cccc(NC(=O)C2CCCNC2)c1. The van der Waals surface area contributed by atoms with Crippen LogP contribution >= 0.6 is 0 Å². The Morgan fingerprint density at radius 1 is 1.36 bits per heavy atom. The van der Waals surface area contributed by atoms with Crippen LogP contribution in [0.15, 0.2) is 24.3 Å². The number of benzene rings is 1. The monoisotopic (exact) mass is 325 g/mol. The van der Waals surface area contributed by atoms with Gasteiger partial charge in [0.2, 0.25) is 15.9 Å². The molecule has 1 heterocycles. The van der Waals surface area contributed by atoms with Crippen molar-refractivity contribution in [1.29, 1.82) is 0 Å². The molecule has 22 heavy (non-hydrogen) atoms. The Morgan fingerprint density at radius 2 is 2.14 bits per heavy atom. The van der Waals surface area contributed by atoms with E-state index in [0.29, 0.717) is 24.3 Å². The van der Waals surface area contributed by atoms with Crippen LogP contribution in [0, 0.1) is 5.92 Å². The molecule has 0 aliphatic carbocycles. The Bertz CT molecular complexity index is 610. The smallest absolute Gasteiger partial charge is 0.232 e. The molecule has 1 aromatic carbocycles.